The molecule has 0 saturated heterocycles. The van der Waals surface area contributed by atoms with Gasteiger partial charge in [-0.3, -0.25) is 0 Å². The first-order valence-corrected chi connectivity index (χ1v) is 9.04. The molecule has 1 aliphatic rings. The number of esters is 1. The van der Waals surface area contributed by atoms with Crippen LogP contribution >= 0.6 is 0 Å². The van der Waals surface area contributed by atoms with Gasteiger partial charge in [0, 0.05) is 11.1 Å². The van der Waals surface area contributed by atoms with Gasteiger partial charge >= 0.3 is 5.97 Å². The molecule has 0 aliphatic carbocycles. The summed E-state index contributed by atoms with van der Waals surface area (Å²) >= 11 is 0. The summed E-state index contributed by atoms with van der Waals surface area (Å²) in [6, 6.07) is 23.2. The van der Waals surface area contributed by atoms with Crippen molar-refractivity contribution in [3.63, 3.8) is 0 Å². The number of hydrogen-bond acceptors (Lipinski definition) is 5. The zero-order valence-corrected chi connectivity index (χ0v) is 15.8. The van der Waals surface area contributed by atoms with Crippen LogP contribution in [0, 0.1) is 0 Å². The van der Waals surface area contributed by atoms with Crippen molar-refractivity contribution in [1.82, 2.24) is 0 Å². The molecule has 3 aromatic rings. The summed E-state index contributed by atoms with van der Waals surface area (Å²) in [7, 11) is 3.04. The first kappa shape index (κ1) is 17.9. The number of fused-ring (bicyclic) bond motifs is 1. The lowest BCUT2D eigenvalue weighted by atomic mass is 10.1. The Morgan fingerprint density at radius 3 is 2.43 bits per heavy atom. The topological polar surface area (TPSA) is 48.0 Å². The third-order valence-corrected chi connectivity index (χ3v) is 4.85. The molecule has 1 aliphatic heterocycles. The minimum atomic E-state index is -0.358. The molecule has 0 bridgehead atoms. The molecule has 0 amide bonds. The van der Waals surface area contributed by atoms with Crippen LogP contribution < -0.4 is 14.4 Å². The van der Waals surface area contributed by atoms with Gasteiger partial charge in [0.15, 0.2) is 6.23 Å². The first-order valence-electron chi connectivity index (χ1n) is 9.04. The summed E-state index contributed by atoms with van der Waals surface area (Å²) in [4.78, 5) is 13.9. The fourth-order valence-corrected chi connectivity index (χ4v) is 3.43. The summed E-state index contributed by atoms with van der Waals surface area (Å²) in [6.07, 6.45) is -0.349. The minimum absolute atomic E-state index is 0.349. The van der Waals surface area contributed by atoms with Crippen LogP contribution in [0.15, 0.2) is 72.8 Å². The lowest BCUT2D eigenvalue weighted by Gasteiger charge is -2.39. The van der Waals surface area contributed by atoms with Gasteiger partial charge in [-0.25, -0.2) is 4.79 Å². The second-order valence-electron chi connectivity index (χ2n) is 6.49. The van der Waals surface area contributed by atoms with Gasteiger partial charge in [-0.2, -0.15) is 0 Å². The van der Waals surface area contributed by atoms with Crippen LogP contribution in [0.3, 0.4) is 0 Å². The third-order valence-electron chi connectivity index (χ3n) is 4.85. The number of carbonyl (C=O) groups excluding carboxylic acids is 1. The predicted octanol–water partition coefficient (Wildman–Crippen LogP) is 4.58. The molecule has 5 nitrogen and oxygen atoms in total. The Balaban J connectivity index is 1.77. The maximum Gasteiger partial charge on any atom is 0.337 e. The number of anilines is 1. The molecular formula is C23H21NO4. The SMILES string of the molecule is COC(=O)c1ccc([C@H]2Oc3ccccc3CN2c2ccccc2OC)cc1. The van der Waals surface area contributed by atoms with E-state index in [1.165, 1.54) is 7.11 Å². The molecular weight excluding hydrogens is 354 g/mol. The van der Waals surface area contributed by atoms with Gasteiger partial charge < -0.3 is 19.1 Å². The van der Waals surface area contributed by atoms with Crippen LogP contribution in [-0.4, -0.2) is 20.2 Å². The maximum absolute atomic E-state index is 11.8. The fraction of sp³-hybridized carbons (Fsp3) is 0.174. The van der Waals surface area contributed by atoms with Gasteiger partial charge in [0.05, 0.1) is 32.0 Å². The molecule has 4 rings (SSSR count). The zero-order valence-electron chi connectivity index (χ0n) is 15.8. The third kappa shape index (κ3) is 3.27. The van der Waals surface area contributed by atoms with Gasteiger partial charge in [-0.05, 0) is 30.3 Å². The minimum Gasteiger partial charge on any atom is -0.495 e. The van der Waals surface area contributed by atoms with E-state index in [4.69, 9.17) is 14.2 Å². The first-order chi connectivity index (χ1) is 13.7. The number of nitrogens with zero attached hydrogens (tertiary/aromatic N) is 1. The van der Waals surface area contributed by atoms with Crippen LogP contribution in [0.2, 0.25) is 0 Å². The van der Waals surface area contributed by atoms with Gasteiger partial charge in [0.1, 0.15) is 11.5 Å². The van der Waals surface area contributed by atoms with Gasteiger partial charge in [0.2, 0.25) is 0 Å². The van der Waals surface area contributed by atoms with Crippen molar-refractivity contribution in [3.8, 4) is 11.5 Å². The largest absolute Gasteiger partial charge is 0.495 e. The van der Waals surface area contributed by atoms with E-state index in [2.05, 4.69) is 11.0 Å². The standard InChI is InChI=1S/C23H21NO4/c1-26-21-10-6-4-8-19(21)24-15-18-7-3-5-9-20(18)28-22(24)16-11-13-17(14-12-16)23(25)27-2/h3-14,22H,15H2,1-2H3/t22-/m1/s1. The highest BCUT2D eigenvalue weighted by atomic mass is 16.5. The highest BCUT2D eigenvalue weighted by Crippen LogP contribution is 2.41. The molecule has 1 atom stereocenters. The van der Waals surface area contributed by atoms with E-state index in [0.29, 0.717) is 12.1 Å². The van der Waals surface area contributed by atoms with Crippen LogP contribution in [0.4, 0.5) is 5.69 Å². The van der Waals surface area contributed by atoms with E-state index in [-0.39, 0.29) is 12.2 Å². The van der Waals surface area contributed by atoms with Crippen molar-refractivity contribution < 1.29 is 19.0 Å². The van der Waals surface area contributed by atoms with Gasteiger partial charge in [-0.1, -0.05) is 42.5 Å². The molecule has 142 valence electrons. The Hall–Kier alpha value is -3.47. The highest BCUT2D eigenvalue weighted by molar-refractivity contribution is 5.89. The second-order valence-corrected chi connectivity index (χ2v) is 6.49. The molecule has 0 N–H and O–H groups in total. The summed E-state index contributed by atoms with van der Waals surface area (Å²) in [5.74, 6) is 1.28. The van der Waals surface area contributed by atoms with Crippen LogP contribution in [-0.2, 0) is 11.3 Å². The van der Waals surface area contributed by atoms with Crippen molar-refractivity contribution in [1.29, 1.82) is 0 Å². The Labute approximate surface area is 164 Å². The Morgan fingerprint density at radius 2 is 1.68 bits per heavy atom. The average Bonchev–Trinajstić information content (AvgIpc) is 2.77. The zero-order chi connectivity index (χ0) is 19.5. The summed E-state index contributed by atoms with van der Waals surface area (Å²) in [5.41, 5.74) is 3.50. The summed E-state index contributed by atoms with van der Waals surface area (Å²) < 4.78 is 16.7. The Bertz CT molecular complexity index is 984. The summed E-state index contributed by atoms with van der Waals surface area (Å²) in [5, 5.41) is 0. The van der Waals surface area contributed by atoms with Crippen molar-refractivity contribution >= 4 is 11.7 Å². The van der Waals surface area contributed by atoms with E-state index in [9.17, 15) is 4.79 Å². The monoisotopic (exact) mass is 375 g/mol. The number of rotatable bonds is 4. The molecule has 0 radical (unpaired) electrons. The average molecular weight is 375 g/mol. The van der Waals surface area contributed by atoms with Crippen molar-refractivity contribution in [2.75, 3.05) is 19.1 Å². The lowest BCUT2D eigenvalue weighted by Crippen LogP contribution is -2.36. The number of ether oxygens (including phenoxy) is 3. The number of methoxy groups -OCH3 is 2. The molecule has 28 heavy (non-hydrogen) atoms. The van der Waals surface area contributed by atoms with Crippen LogP contribution in [0.1, 0.15) is 27.7 Å². The van der Waals surface area contributed by atoms with Gasteiger partial charge in [-0.15, -0.1) is 0 Å². The van der Waals surface area contributed by atoms with Crippen molar-refractivity contribution in [2.24, 2.45) is 0 Å². The smallest absolute Gasteiger partial charge is 0.337 e. The highest BCUT2D eigenvalue weighted by Gasteiger charge is 2.30. The van der Waals surface area contributed by atoms with Crippen LogP contribution in [0.5, 0.6) is 11.5 Å². The maximum atomic E-state index is 11.8. The molecule has 0 saturated carbocycles. The van der Waals surface area contributed by atoms with Crippen LogP contribution in [0.25, 0.3) is 0 Å². The molecule has 0 aromatic heterocycles. The number of carbonyl (C=O) groups is 1. The van der Waals surface area contributed by atoms with E-state index in [1.807, 2.05) is 54.6 Å². The van der Waals surface area contributed by atoms with E-state index < -0.39 is 0 Å². The Morgan fingerprint density at radius 1 is 0.964 bits per heavy atom. The Kier molecular flexibility index (Phi) is 4.89. The predicted molar refractivity (Wildman–Crippen MR) is 107 cm³/mol. The molecule has 5 heteroatoms. The van der Waals surface area contributed by atoms with Crippen molar-refractivity contribution in [2.45, 2.75) is 12.8 Å². The second kappa shape index (κ2) is 7.64. The van der Waals surface area contributed by atoms with E-state index in [1.54, 1.807) is 19.2 Å². The van der Waals surface area contributed by atoms with E-state index in [0.717, 1.165) is 28.3 Å². The molecule has 3 aromatic carbocycles. The molecule has 0 unspecified atom stereocenters. The van der Waals surface area contributed by atoms with Gasteiger partial charge in [0.25, 0.3) is 0 Å². The van der Waals surface area contributed by atoms with E-state index >= 15 is 0 Å². The fourth-order valence-electron chi connectivity index (χ4n) is 3.43. The molecule has 0 spiro atoms. The molecule has 1 heterocycles. The normalized spacial score (nSPS) is 15.4. The quantitative estimate of drug-likeness (QED) is 0.625. The number of benzene rings is 3. The lowest BCUT2D eigenvalue weighted by molar-refractivity contribution is 0.0600. The number of para-hydroxylation sites is 3. The number of hydrogen-bond donors (Lipinski definition) is 0. The summed E-state index contributed by atoms with van der Waals surface area (Å²) in [6.45, 7) is 0.681. The van der Waals surface area contributed by atoms with Crippen molar-refractivity contribution in [3.05, 3.63) is 89.5 Å². The molecule has 0 fully saturated rings.